The molecule has 9 heteroatoms. The maximum atomic E-state index is 13.0. The Hall–Kier alpha value is -2.52. The maximum Gasteiger partial charge on any atom is 0.244 e. The third-order valence-electron chi connectivity index (χ3n) is 7.18. The lowest BCUT2D eigenvalue weighted by molar-refractivity contribution is -0.143. The molecule has 32 heavy (non-hydrogen) atoms. The summed E-state index contributed by atoms with van der Waals surface area (Å²) in [6.45, 7) is 0.641. The zero-order chi connectivity index (χ0) is 22.5. The second kappa shape index (κ2) is 8.12. The SMILES string of the molecule is O=C(CN1C(=O)[C@H]2[C@H](C1=O)[C@H]1C=C[C@H]2C1)Nc1cccc(S(=O)(=O)N2CCCCCC2)c1. The van der Waals surface area contributed by atoms with Gasteiger partial charge in [0.05, 0.1) is 16.7 Å². The summed E-state index contributed by atoms with van der Waals surface area (Å²) in [5.41, 5.74) is 0.326. The van der Waals surface area contributed by atoms with Crippen LogP contribution in [0.1, 0.15) is 32.1 Å². The van der Waals surface area contributed by atoms with Gasteiger partial charge in [0, 0.05) is 18.8 Å². The number of imide groups is 1. The van der Waals surface area contributed by atoms with E-state index >= 15 is 0 Å². The molecule has 2 saturated heterocycles. The van der Waals surface area contributed by atoms with Crippen molar-refractivity contribution in [2.24, 2.45) is 23.7 Å². The fourth-order valence-electron chi connectivity index (χ4n) is 5.63. The van der Waals surface area contributed by atoms with Crippen LogP contribution in [0.3, 0.4) is 0 Å². The highest BCUT2D eigenvalue weighted by atomic mass is 32.2. The monoisotopic (exact) mass is 457 g/mol. The molecule has 0 spiro atoms. The van der Waals surface area contributed by atoms with E-state index in [1.54, 1.807) is 12.1 Å². The van der Waals surface area contributed by atoms with E-state index in [9.17, 15) is 22.8 Å². The lowest BCUT2D eigenvalue weighted by Gasteiger charge is -2.20. The third-order valence-corrected chi connectivity index (χ3v) is 9.08. The lowest BCUT2D eigenvalue weighted by Crippen LogP contribution is -2.39. The van der Waals surface area contributed by atoms with Crippen molar-refractivity contribution in [1.29, 1.82) is 0 Å². The number of carbonyl (C=O) groups is 3. The first-order valence-electron chi connectivity index (χ1n) is 11.3. The Morgan fingerprint density at radius 1 is 0.969 bits per heavy atom. The van der Waals surface area contributed by atoms with Crippen molar-refractivity contribution < 1.29 is 22.8 Å². The van der Waals surface area contributed by atoms with Gasteiger partial charge in [-0.3, -0.25) is 19.3 Å². The summed E-state index contributed by atoms with van der Waals surface area (Å²) in [5.74, 6) is -1.56. The normalized spacial score (nSPS) is 29.9. The second-order valence-electron chi connectivity index (χ2n) is 9.16. The van der Waals surface area contributed by atoms with E-state index in [0.29, 0.717) is 18.8 Å². The molecule has 2 bridgehead atoms. The van der Waals surface area contributed by atoms with Gasteiger partial charge < -0.3 is 5.32 Å². The Labute approximate surface area is 187 Å². The molecule has 1 aromatic carbocycles. The van der Waals surface area contributed by atoms with Crippen LogP contribution in [-0.4, -0.2) is 55.0 Å². The van der Waals surface area contributed by atoms with E-state index in [2.05, 4.69) is 5.32 Å². The molecule has 8 nitrogen and oxygen atoms in total. The molecule has 0 unspecified atom stereocenters. The summed E-state index contributed by atoms with van der Waals surface area (Å²) < 4.78 is 27.6. The number of rotatable bonds is 5. The first-order valence-corrected chi connectivity index (χ1v) is 12.7. The fourth-order valence-corrected chi connectivity index (χ4v) is 7.19. The molecule has 2 aliphatic carbocycles. The van der Waals surface area contributed by atoms with E-state index < -0.39 is 15.9 Å². The van der Waals surface area contributed by atoms with Gasteiger partial charge in [-0.15, -0.1) is 0 Å². The highest BCUT2D eigenvalue weighted by Gasteiger charge is 2.59. The van der Waals surface area contributed by atoms with Gasteiger partial charge in [-0.1, -0.05) is 31.1 Å². The molecular formula is C23H27N3O5S. The second-order valence-corrected chi connectivity index (χ2v) is 11.1. The smallest absolute Gasteiger partial charge is 0.244 e. The first kappa shape index (κ1) is 21.3. The van der Waals surface area contributed by atoms with Gasteiger partial charge in [-0.2, -0.15) is 4.31 Å². The van der Waals surface area contributed by atoms with Crippen LogP contribution in [0.4, 0.5) is 5.69 Å². The van der Waals surface area contributed by atoms with Crippen molar-refractivity contribution in [2.45, 2.75) is 37.0 Å². The van der Waals surface area contributed by atoms with Crippen molar-refractivity contribution in [3.63, 3.8) is 0 Å². The summed E-state index contributed by atoms with van der Waals surface area (Å²) in [6.07, 6.45) is 8.59. The van der Waals surface area contributed by atoms with Gasteiger partial charge in [0.2, 0.25) is 27.7 Å². The van der Waals surface area contributed by atoms with Gasteiger partial charge in [-0.25, -0.2) is 8.42 Å². The van der Waals surface area contributed by atoms with Gasteiger partial charge in [0.15, 0.2) is 0 Å². The summed E-state index contributed by atoms with van der Waals surface area (Å²) >= 11 is 0. The van der Waals surface area contributed by atoms with Gasteiger partial charge in [0.1, 0.15) is 6.54 Å². The molecule has 1 N–H and O–H groups in total. The predicted octanol–water partition coefficient (Wildman–Crippen LogP) is 2.00. The minimum absolute atomic E-state index is 0.0930. The van der Waals surface area contributed by atoms with E-state index in [1.165, 1.54) is 16.4 Å². The van der Waals surface area contributed by atoms with Crippen LogP contribution >= 0.6 is 0 Å². The van der Waals surface area contributed by atoms with Crippen LogP contribution in [0.25, 0.3) is 0 Å². The number of nitrogens with zero attached hydrogens (tertiary/aromatic N) is 2. The number of fused-ring (bicyclic) bond motifs is 5. The van der Waals surface area contributed by atoms with E-state index in [1.807, 2.05) is 12.2 Å². The molecule has 5 rings (SSSR count). The van der Waals surface area contributed by atoms with Crippen LogP contribution < -0.4 is 5.32 Å². The van der Waals surface area contributed by atoms with Gasteiger partial charge >= 0.3 is 0 Å². The van der Waals surface area contributed by atoms with E-state index in [4.69, 9.17) is 0 Å². The first-order chi connectivity index (χ1) is 15.4. The molecule has 0 aromatic heterocycles. The van der Waals surface area contributed by atoms with Crippen molar-refractivity contribution in [3.05, 3.63) is 36.4 Å². The number of allylic oxidation sites excluding steroid dienone is 2. The number of benzene rings is 1. The molecule has 2 heterocycles. The van der Waals surface area contributed by atoms with Crippen molar-refractivity contribution in [1.82, 2.24) is 9.21 Å². The number of carbonyl (C=O) groups excluding carboxylic acids is 3. The molecule has 2 aliphatic heterocycles. The number of hydrogen-bond donors (Lipinski definition) is 1. The minimum Gasteiger partial charge on any atom is -0.324 e. The van der Waals surface area contributed by atoms with Crippen molar-refractivity contribution in [3.8, 4) is 0 Å². The number of nitrogens with one attached hydrogen (secondary N) is 1. The molecule has 1 saturated carbocycles. The largest absolute Gasteiger partial charge is 0.324 e. The molecule has 4 aliphatic rings. The van der Waals surface area contributed by atoms with Gasteiger partial charge in [-0.05, 0) is 49.3 Å². The Bertz CT molecular complexity index is 1060. The van der Waals surface area contributed by atoms with Crippen molar-refractivity contribution >= 4 is 33.4 Å². The van der Waals surface area contributed by atoms with Crippen LogP contribution in [0.2, 0.25) is 0 Å². The Morgan fingerprint density at radius 3 is 2.22 bits per heavy atom. The number of sulfonamides is 1. The Morgan fingerprint density at radius 2 is 1.59 bits per heavy atom. The van der Waals surface area contributed by atoms with Crippen LogP contribution in [-0.2, 0) is 24.4 Å². The van der Waals surface area contributed by atoms with Crippen molar-refractivity contribution in [2.75, 3.05) is 25.0 Å². The molecule has 170 valence electrons. The molecule has 1 aromatic rings. The minimum atomic E-state index is -3.64. The average molecular weight is 458 g/mol. The summed E-state index contributed by atoms with van der Waals surface area (Å²) in [5, 5.41) is 2.66. The number of hydrogen-bond acceptors (Lipinski definition) is 5. The average Bonchev–Trinajstić information content (AvgIpc) is 3.36. The molecule has 4 atom stereocenters. The number of amides is 3. The molecule has 0 radical (unpaired) electrons. The summed E-state index contributed by atoms with van der Waals surface area (Å²) in [6, 6.07) is 6.14. The zero-order valence-electron chi connectivity index (χ0n) is 17.8. The number of likely N-dealkylation sites (tertiary alicyclic amines) is 1. The summed E-state index contributed by atoms with van der Waals surface area (Å²) in [4.78, 5) is 39.4. The highest BCUT2D eigenvalue weighted by molar-refractivity contribution is 7.89. The molecular weight excluding hydrogens is 430 g/mol. The number of anilines is 1. The van der Waals surface area contributed by atoms with E-state index in [-0.39, 0.29) is 46.9 Å². The van der Waals surface area contributed by atoms with E-state index in [0.717, 1.165) is 37.0 Å². The van der Waals surface area contributed by atoms with Crippen LogP contribution in [0.5, 0.6) is 0 Å². The molecule has 3 fully saturated rings. The maximum absolute atomic E-state index is 13.0. The highest BCUT2D eigenvalue weighted by Crippen LogP contribution is 2.52. The summed E-state index contributed by atoms with van der Waals surface area (Å²) in [7, 11) is -3.64. The van der Waals surface area contributed by atoms with Crippen LogP contribution in [0, 0.1) is 23.7 Å². The Balaban J connectivity index is 1.27. The fraction of sp³-hybridized carbons (Fsp3) is 0.522. The lowest BCUT2D eigenvalue weighted by atomic mass is 9.85. The topological polar surface area (TPSA) is 104 Å². The quantitative estimate of drug-likeness (QED) is 0.538. The van der Waals surface area contributed by atoms with Gasteiger partial charge in [0.25, 0.3) is 0 Å². The molecule has 3 amide bonds. The third kappa shape index (κ3) is 3.57. The Kier molecular flexibility index (Phi) is 5.41. The predicted molar refractivity (Wildman–Crippen MR) is 117 cm³/mol. The van der Waals surface area contributed by atoms with Crippen LogP contribution in [0.15, 0.2) is 41.3 Å². The zero-order valence-corrected chi connectivity index (χ0v) is 18.6. The standard InChI is InChI=1S/C23H27N3O5S/c27-19(14-26-22(28)20-15-8-9-16(12-15)21(20)23(26)29)24-17-6-5-7-18(13-17)32(30,31)25-10-3-1-2-4-11-25/h5-9,13,15-16,20-21H,1-4,10-12,14H2,(H,24,27)/t15-,16-,20+,21+/m0/s1.